The van der Waals surface area contributed by atoms with Crippen LogP contribution in [0.1, 0.15) is 22.9 Å². The highest BCUT2D eigenvalue weighted by atomic mass is 32.1. The second-order valence-corrected chi connectivity index (χ2v) is 7.16. The number of methoxy groups -OCH3 is 1. The Hall–Kier alpha value is -3.46. The van der Waals surface area contributed by atoms with Gasteiger partial charge in [-0.15, -0.1) is 11.3 Å². The molecule has 1 atom stereocenters. The number of thiophene rings is 1. The third-order valence-corrected chi connectivity index (χ3v) is 5.10. The van der Waals surface area contributed by atoms with Crippen molar-refractivity contribution in [1.82, 2.24) is 14.9 Å². The van der Waals surface area contributed by atoms with Gasteiger partial charge in [0, 0.05) is 23.0 Å². The van der Waals surface area contributed by atoms with Crippen LogP contribution in [0, 0.1) is 0 Å². The number of benzene rings is 1. The Morgan fingerprint density at radius 3 is 2.83 bits per heavy atom. The molecule has 3 rings (SSSR count). The Kier molecular flexibility index (Phi) is 6.75. The molecule has 9 heteroatoms. The number of rotatable bonds is 7. The summed E-state index contributed by atoms with van der Waals surface area (Å²) in [4.78, 5) is 40.5. The predicted molar refractivity (Wildman–Crippen MR) is 110 cm³/mol. The van der Waals surface area contributed by atoms with Gasteiger partial charge >= 0.3 is 17.7 Å². The zero-order chi connectivity index (χ0) is 20.6. The molecule has 3 aromatic rings. The quantitative estimate of drug-likeness (QED) is 0.581. The summed E-state index contributed by atoms with van der Waals surface area (Å²) in [7, 11) is 1.31. The van der Waals surface area contributed by atoms with Crippen LogP contribution in [0.2, 0.25) is 0 Å². The third kappa shape index (κ3) is 5.76. The number of amides is 2. The topological polar surface area (TPSA) is 102 Å². The number of esters is 1. The van der Waals surface area contributed by atoms with E-state index in [0.29, 0.717) is 12.2 Å². The molecule has 0 radical (unpaired) electrons. The van der Waals surface area contributed by atoms with Crippen molar-refractivity contribution >= 4 is 29.0 Å². The van der Waals surface area contributed by atoms with E-state index in [9.17, 15) is 14.4 Å². The molecule has 2 aromatic heterocycles. The highest BCUT2D eigenvalue weighted by molar-refractivity contribution is 7.10. The smallest absolute Gasteiger partial charge is 0.347 e. The molecule has 150 valence electrons. The summed E-state index contributed by atoms with van der Waals surface area (Å²) >= 11 is 1.45. The van der Waals surface area contributed by atoms with Crippen molar-refractivity contribution in [2.75, 3.05) is 12.4 Å². The maximum Gasteiger partial charge on any atom is 0.347 e. The zero-order valence-electron chi connectivity index (χ0n) is 15.7. The molecule has 0 spiro atoms. The van der Waals surface area contributed by atoms with Gasteiger partial charge in [-0.05, 0) is 35.2 Å². The van der Waals surface area contributed by atoms with E-state index in [-0.39, 0.29) is 12.1 Å². The Morgan fingerprint density at radius 1 is 1.24 bits per heavy atom. The first-order valence-corrected chi connectivity index (χ1v) is 9.71. The van der Waals surface area contributed by atoms with Gasteiger partial charge in [-0.25, -0.2) is 14.6 Å². The Balaban J connectivity index is 1.67. The first-order valence-electron chi connectivity index (χ1n) is 8.83. The van der Waals surface area contributed by atoms with Gasteiger partial charge in [0.05, 0.1) is 26.1 Å². The molecule has 0 bridgehead atoms. The monoisotopic (exact) mass is 412 g/mol. The van der Waals surface area contributed by atoms with Crippen LogP contribution in [-0.4, -0.2) is 28.7 Å². The van der Waals surface area contributed by atoms with E-state index in [2.05, 4.69) is 15.6 Å². The van der Waals surface area contributed by atoms with Crippen LogP contribution in [0.4, 0.5) is 10.5 Å². The fourth-order valence-electron chi connectivity index (χ4n) is 2.74. The van der Waals surface area contributed by atoms with Crippen molar-refractivity contribution in [3.63, 3.8) is 0 Å². The highest BCUT2D eigenvalue weighted by Gasteiger charge is 2.20. The number of carbonyl (C=O) groups is 2. The summed E-state index contributed by atoms with van der Waals surface area (Å²) in [5.41, 5.74) is 1.06. The van der Waals surface area contributed by atoms with Crippen LogP contribution in [0.25, 0.3) is 0 Å². The van der Waals surface area contributed by atoms with E-state index in [0.717, 1.165) is 10.4 Å². The first kappa shape index (κ1) is 20.3. The van der Waals surface area contributed by atoms with Gasteiger partial charge < -0.3 is 15.4 Å². The number of hydrogen-bond donors (Lipinski definition) is 2. The maximum absolute atomic E-state index is 12.5. The van der Waals surface area contributed by atoms with Gasteiger partial charge in [0.15, 0.2) is 0 Å². The molecular formula is C20H20N4O4S. The van der Waals surface area contributed by atoms with E-state index in [1.54, 1.807) is 30.5 Å². The average molecular weight is 412 g/mol. The summed E-state index contributed by atoms with van der Waals surface area (Å²) in [5, 5.41) is 7.45. The number of hydrogen-bond acceptors (Lipinski definition) is 6. The van der Waals surface area contributed by atoms with E-state index in [4.69, 9.17) is 4.74 Å². The van der Waals surface area contributed by atoms with Crippen LogP contribution in [0.5, 0.6) is 0 Å². The Bertz CT molecular complexity index is 1030. The normalized spacial score (nSPS) is 11.5. The van der Waals surface area contributed by atoms with Crippen LogP contribution in [0.3, 0.4) is 0 Å². The second kappa shape index (κ2) is 9.65. The number of nitrogens with zero attached hydrogens (tertiary/aromatic N) is 2. The minimum Gasteiger partial charge on any atom is -0.469 e. The minimum absolute atomic E-state index is 0.0361. The van der Waals surface area contributed by atoms with E-state index in [1.807, 2.05) is 23.6 Å². The standard InChI is InChI=1S/C20H20N4O4S/c1-28-18(25)12-16(17-7-3-10-29-17)23-19(26)22-15-6-2-5-14(11-15)13-24-9-4-8-21-20(24)27/h2-11,16H,12-13H2,1H3,(H2,22,23,26). The third-order valence-electron chi connectivity index (χ3n) is 4.11. The van der Waals surface area contributed by atoms with E-state index in [1.165, 1.54) is 29.2 Å². The molecule has 2 amide bonds. The number of ether oxygens (including phenoxy) is 1. The van der Waals surface area contributed by atoms with Crippen LogP contribution in [0.15, 0.2) is 65.0 Å². The largest absolute Gasteiger partial charge is 0.469 e. The Labute approximate surface area is 171 Å². The molecule has 1 aromatic carbocycles. The predicted octanol–water partition coefficient (Wildman–Crippen LogP) is 2.78. The number of aromatic nitrogens is 2. The molecular weight excluding hydrogens is 392 g/mol. The molecule has 8 nitrogen and oxygen atoms in total. The van der Waals surface area contributed by atoms with Crippen molar-refractivity contribution in [3.05, 3.63) is 81.2 Å². The van der Waals surface area contributed by atoms with Gasteiger partial charge in [0.1, 0.15) is 0 Å². The molecule has 2 N–H and O–H groups in total. The van der Waals surface area contributed by atoms with Crippen molar-refractivity contribution in [2.24, 2.45) is 0 Å². The number of nitrogens with one attached hydrogen (secondary N) is 2. The average Bonchev–Trinajstić information content (AvgIpc) is 3.24. The molecule has 0 saturated carbocycles. The molecule has 1 unspecified atom stereocenters. The summed E-state index contributed by atoms with van der Waals surface area (Å²) in [6.07, 6.45) is 3.13. The molecule has 2 heterocycles. The van der Waals surface area contributed by atoms with Crippen molar-refractivity contribution in [2.45, 2.75) is 19.0 Å². The fourth-order valence-corrected chi connectivity index (χ4v) is 3.52. The molecule has 0 fully saturated rings. The lowest BCUT2D eigenvalue weighted by molar-refractivity contribution is -0.141. The first-order chi connectivity index (χ1) is 14.0. The summed E-state index contributed by atoms with van der Waals surface area (Å²) in [6.45, 7) is 0.337. The number of anilines is 1. The lowest BCUT2D eigenvalue weighted by atomic mass is 10.1. The van der Waals surface area contributed by atoms with Crippen molar-refractivity contribution in [1.29, 1.82) is 0 Å². The van der Waals surface area contributed by atoms with Crippen LogP contribution >= 0.6 is 11.3 Å². The van der Waals surface area contributed by atoms with Crippen LogP contribution in [-0.2, 0) is 16.1 Å². The Morgan fingerprint density at radius 2 is 2.10 bits per heavy atom. The maximum atomic E-state index is 12.5. The van der Waals surface area contributed by atoms with Gasteiger partial charge in [-0.2, -0.15) is 0 Å². The molecule has 29 heavy (non-hydrogen) atoms. The number of urea groups is 1. The summed E-state index contributed by atoms with van der Waals surface area (Å²) in [5.74, 6) is -0.410. The minimum atomic E-state index is -0.486. The van der Waals surface area contributed by atoms with Crippen molar-refractivity contribution < 1.29 is 14.3 Å². The fraction of sp³-hybridized carbons (Fsp3) is 0.200. The highest BCUT2D eigenvalue weighted by Crippen LogP contribution is 2.22. The van der Waals surface area contributed by atoms with Gasteiger partial charge in [0.2, 0.25) is 0 Å². The second-order valence-electron chi connectivity index (χ2n) is 6.18. The molecule has 0 saturated heterocycles. The van der Waals surface area contributed by atoms with E-state index < -0.39 is 18.0 Å². The van der Waals surface area contributed by atoms with E-state index >= 15 is 0 Å². The lowest BCUT2D eigenvalue weighted by Crippen LogP contribution is -2.33. The molecule has 0 aliphatic rings. The number of carbonyl (C=O) groups excluding carboxylic acids is 2. The SMILES string of the molecule is COC(=O)CC(NC(=O)Nc1cccc(Cn2cccnc2=O)c1)c1cccs1. The lowest BCUT2D eigenvalue weighted by Gasteiger charge is -2.17. The molecule has 0 aliphatic heterocycles. The van der Waals surface area contributed by atoms with Gasteiger partial charge in [-0.1, -0.05) is 18.2 Å². The van der Waals surface area contributed by atoms with Gasteiger partial charge in [0.25, 0.3) is 0 Å². The summed E-state index contributed by atoms with van der Waals surface area (Å²) in [6, 6.07) is 11.6. The summed E-state index contributed by atoms with van der Waals surface area (Å²) < 4.78 is 6.20. The van der Waals surface area contributed by atoms with Crippen LogP contribution < -0.4 is 16.3 Å². The van der Waals surface area contributed by atoms with Crippen molar-refractivity contribution in [3.8, 4) is 0 Å². The van der Waals surface area contributed by atoms with Gasteiger partial charge in [-0.3, -0.25) is 9.36 Å². The zero-order valence-corrected chi connectivity index (χ0v) is 16.5. The molecule has 0 aliphatic carbocycles.